The molecule has 1 atom stereocenters. The molecule has 0 fully saturated rings. The summed E-state index contributed by atoms with van der Waals surface area (Å²) in [5.41, 5.74) is 1.69. The van der Waals surface area contributed by atoms with Gasteiger partial charge in [-0.3, -0.25) is 4.79 Å². The van der Waals surface area contributed by atoms with Crippen LogP contribution in [-0.4, -0.2) is 36.9 Å². The number of carbonyl (C=O) groups is 1. The average Bonchev–Trinajstić information content (AvgIpc) is 2.29. The molecule has 1 aromatic carbocycles. The summed E-state index contributed by atoms with van der Waals surface area (Å²) in [5.74, 6) is -1.36. The standard InChI is InChI=1S/C12H17NO4S/c1-9-4-6-11(7-5-9)8-18(16,17)13(3)10(2)12(14)15/h4-7,10H,8H2,1-3H3,(H,14,15). The molecule has 100 valence electrons. The highest BCUT2D eigenvalue weighted by molar-refractivity contribution is 7.88. The van der Waals surface area contributed by atoms with Crippen LogP contribution in [0.15, 0.2) is 24.3 Å². The van der Waals surface area contributed by atoms with Gasteiger partial charge in [0.1, 0.15) is 6.04 Å². The number of aryl methyl sites for hydroxylation is 1. The number of sulfonamides is 1. The van der Waals surface area contributed by atoms with Gasteiger partial charge in [0.25, 0.3) is 0 Å². The molecule has 1 unspecified atom stereocenters. The molecule has 0 aliphatic carbocycles. The van der Waals surface area contributed by atoms with Gasteiger partial charge in [-0.25, -0.2) is 8.42 Å². The Morgan fingerprint density at radius 2 is 1.83 bits per heavy atom. The largest absolute Gasteiger partial charge is 0.480 e. The van der Waals surface area contributed by atoms with Crippen LogP contribution in [0.4, 0.5) is 0 Å². The van der Waals surface area contributed by atoms with Crippen LogP contribution in [0.1, 0.15) is 18.1 Å². The third-order valence-corrected chi connectivity index (χ3v) is 4.70. The Morgan fingerprint density at radius 3 is 2.28 bits per heavy atom. The number of carboxylic acids is 1. The van der Waals surface area contributed by atoms with Gasteiger partial charge < -0.3 is 5.11 Å². The van der Waals surface area contributed by atoms with Crippen molar-refractivity contribution in [1.82, 2.24) is 4.31 Å². The van der Waals surface area contributed by atoms with Gasteiger partial charge in [0.05, 0.1) is 5.75 Å². The summed E-state index contributed by atoms with van der Waals surface area (Å²) < 4.78 is 24.9. The van der Waals surface area contributed by atoms with Crippen LogP contribution in [0.25, 0.3) is 0 Å². The van der Waals surface area contributed by atoms with Crippen molar-refractivity contribution < 1.29 is 18.3 Å². The first-order chi connectivity index (χ1) is 8.24. The zero-order chi connectivity index (χ0) is 13.9. The maximum atomic E-state index is 12.0. The minimum absolute atomic E-state index is 0.193. The maximum Gasteiger partial charge on any atom is 0.321 e. The summed E-state index contributed by atoms with van der Waals surface area (Å²) in [4.78, 5) is 10.8. The van der Waals surface area contributed by atoms with Crippen molar-refractivity contribution in [2.24, 2.45) is 0 Å². The van der Waals surface area contributed by atoms with E-state index >= 15 is 0 Å². The number of likely N-dealkylation sites (N-methyl/N-ethyl adjacent to an activating group) is 1. The molecule has 0 spiro atoms. The molecule has 5 nitrogen and oxygen atoms in total. The Kier molecular flexibility index (Phi) is 4.48. The van der Waals surface area contributed by atoms with Crippen molar-refractivity contribution >= 4 is 16.0 Å². The molecule has 0 heterocycles. The molecule has 1 N–H and O–H groups in total. The van der Waals surface area contributed by atoms with Crippen molar-refractivity contribution in [2.45, 2.75) is 25.6 Å². The quantitative estimate of drug-likeness (QED) is 0.874. The maximum absolute atomic E-state index is 12.0. The third-order valence-electron chi connectivity index (χ3n) is 2.81. The van der Waals surface area contributed by atoms with Crippen molar-refractivity contribution in [3.63, 3.8) is 0 Å². The number of hydrogen-bond acceptors (Lipinski definition) is 3. The van der Waals surface area contributed by atoms with E-state index in [2.05, 4.69) is 0 Å². The zero-order valence-electron chi connectivity index (χ0n) is 10.6. The number of aliphatic carboxylic acids is 1. The van der Waals surface area contributed by atoms with Crippen LogP contribution in [0, 0.1) is 6.92 Å². The van der Waals surface area contributed by atoms with E-state index in [-0.39, 0.29) is 5.75 Å². The second kappa shape index (κ2) is 5.49. The summed E-state index contributed by atoms with van der Waals surface area (Å²) in [6.07, 6.45) is 0. The smallest absolute Gasteiger partial charge is 0.321 e. The van der Waals surface area contributed by atoms with Crippen molar-refractivity contribution in [3.05, 3.63) is 35.4 Å². The summed E-state index contributed by atoms with van der Waals surface area (Å²) >= 11 is 0. The van der Waals surface area contributed by atoms with E-state index in [0.717, 1.165) is 9.87 Å². The molecule has 0 bridgehead atoms. The lowest BCUT2D eigenvalue weighted by Gasteiger charge is -2.21. The summed E-state index contributed by atoms with van der Waals surface area (Å²) in [5, 5.41) is 8.81. The van der Waals surface area contributed by atoms with E-state index in [9.17, 15) is 13.2 Å². The first-order valence-corrected chi connectivity index (χ1v) is 7.09. The summed E-state index contributed by atoms with van der Waals surface area (Å²) in [6.45, 7) is 3.26. The third kappa shape index (κ3) is 3.54. The fourth-order valence-electron chi connectivity index (χ4n) is 1.39. The predicted molar refractivity (Wildman–Crippen MR) is 68.7 cm³/mol. The lowest BCUT2D eigenvalue weighted by Crippen LogP contribution is -2.40. The Bertz CT molecular complexity index is 522. The molecule has 1 aromatic rings. The van der Waals surface area contributed by atoms with Crippen LogP contribution in [0.2, 0.25) is 0 Å². The van der Waals surface area contributed by atoms with Crippen LogP contribution in [0.5, 0.6) is 0 Å². The van der Waals surface area contributed by atoms with Gasteiger partial charge in [-0.1, -0.05) is 29.8 Å². The molecule has 0 aliphatic heterocycles. The van der Waals surface area contributed by atoms with Crippen molar-refractivity contribution in [2.75, 3.05) is 7.05 Å². The van der Waals surface area contributed by atoms with Gasteiger partial charge in [0.2, 0.25) is 10.0 Å². The van der Waals surface area contributed by atoms with Gasteiger partial charge >= 0.3 is 5.97 Å². The highest BCUT2D eigenvalue weighted by atomic mass is 32.2. The van der Waals surface area contributed by atoms with E-state index < -0.39 is 22.0 Å². The molecule has 0 aromatic heterocycles. The van der Waals surface area contributed by atoms with Crippen LogP contribution in [-0.2, 0) is 20.6 Å². The number of carboxylic acid groups (broad SMARTS) is 1. The molecule has 0 radical (unpaired) electrons. The Labute approximate surface area is 107 Å². The summed E-state index contributed by atoms with van der Waals surface area (Å²) in [6, 6.07) is 6.04. The molecule has 0 saturated heterocycles. The fraction of sp³-hybridized carbons (Fsp3) is 0.417. The van der Waals surface area contributed by atoms with E-state index in [1.165, 1.54) is 14.0 Å². The Balaban J connectivity index is 2.88. The molecule has 1 rings (SSSR count). The van der Waals surface area contributed by atoms with Gasteiger partial charge in [-0.15, -0.1) is 0 Å². The fourth-order valence-corrected chi connectivity index (χ4v) is 2.78. The van der Waals surface area contributed by atoms with Crippen LogP contribution >= 0.6 is 0 Å². The highest BCUT2D eigenvalue weighted by Crippen LogP contribution is 2.13. The van der Waals surface area contributed by atoms with Gasteiger partial charge in [-0.2, -0.15) is 4.31 Å². The number of hydrogen-bond donors (Lipinski definition) is 1. The average molecular weight is 271 g/mol. The van der Waals surface area contributed by atoms with E-state index in [1.54, 1.807) is 12.1 Å². The second-order valence-corrected chi connectivity index (χ2v) is 6.30. The molecular formula is C12H17NO4S. The van der Waals surface area contributed by atoms with Crippen LogP contribution < -0.4 is 0 Å². The van der Waals surface area contributed by atoms with Gasteiger partial charge in [0.15, 0.2) is 0 Å². The number of nitrogens with zero attached hydrogens (tertiary/aromatic N) is 1. The topological polar surface area (TPSA) is 74.7 Å². The molecule has 0 saturated carbocycles. The highest BCUT2D eigenvalue weighted by Gasteiger charge is 2.27. The minimum atomic E-state index is -3.62. The predicted octanol–water partition coefficient (Wildman–Crippen LogP) is 1.23. The number of rotatable bonds is 5. The minimum Gasteiger partial charge on any atom is -0.480 e. The molecular weight excluding hydrogens is 254 g/mol. The van der Waals surface area contributed by atoms with Gasteiger partial charge in [-0.05, 0) is 19.4 Å². The monoisotopic (exact) mass is 271 g/mol. The molecule has 18 heavy (non-hydrogen) atoms. The molecule has 6 heteroatoms. The van der Waals surface area contributed by atoms with E-state index in [4.69, 9.17) is 5.11 Å². The Morgan fingerprint density at radius 1 is 1.33 bits per heavy atom. The second-order valence-electron chi connectivity index (χ2n) is 4.27. The van der Waals surface area contributed by atoms with E-state index in [1.807, 2.05) is 19.1 Å². The van der Waals surface area contributed by atoms with E-state index in [0.29, 0.717) is 5.56 Å². The van der Waals surface area contributed by atoms with Gasteiger partial charge in [0, 0.05) is 7.05 Å². The number of benzene rings is 1. The Hall–Kier alpha value is -1.40. The first-order valence-electron chi connectivity index (χ1n) is 5.48. The lowest BCUT2D eigenvalue weighted by atomic mass is 10.2. The van der Waals surface area contributed by atoms with Crippen LogP contribution in [0.3, 0.4) is 0 Å². The lowest BCUT2D eigenvalue weighted by molar-refractivity contribution is -0.140. The zero-order valence-corrected chi connectivity index (χ0v) is 11.4. The van der Waals surface area contributed by atoms with Crippen molar-refractivity contribution in [1.29, 1.82) is 0 Å². The SMILES string of the molecule is Cc1ccc(CS(=O)(=O)N(C)C(C)C(=O)O)cc1. The normalized spacial score (nSPS) is 13.6. The summed E-state index contributed by atoms with van der Waals surface area (Å²) in [7, 11) is -2.34. The first kappa shape index (κ1) is 14.7. The van der Waals surface area contributed by atoms with Crippen molar-refractivity contribution in [3.8, 4) is 0 Å². The molecule has 0 amide bonds. The molecule has 0 aliphatic rings.